The summed E-state index contributed by atoms with van der Waals surface area (Å²) in [4.78, 5) is 35.7. The molecular weight excluding hydrogens is 330 g/mol. The predicted octanol–water partition coefficient (Wildman–Crippen LogP) is 2.71. The Morgan fingerprint density at radius 3 is 2.19 bits per heavy atom. The molecule has 2 aromatic rings. The Kier molecular flexibility index (Phi) is 6.49. The molecule has 0 saturated heterocycles. The van der Waals surface area contributed by atoms with Crippen molar-refractivity contribution in [2.45, 2.75) is 33.4 Å². The zero-order valence-electron chi connectivity index (χ0n) is 15.1. The van der Waals surface area contributed by atoms with E-state index in [0.717, 1.165) is 5.56 Å². The molecule has 0 fully saturated rings. The quantitative estimate of drug-likeness (QED) is 0.746. The van der Waals surface area contributed by atoms with Crippen molar-refractivity contribution < 1.29 is 14.4 Å². The van der Waals surface area contributed by atoms with Crippen molar-refractivity contribution in [2.75, 3.05) is 5.32 Å². The molecule has 0 spiro atoms. The third-order valence-corrected chi connectivity index (χ3v) is 3.60. The Bertz CT molecular complexity index is 798. The third-order valence-electron chi connectivity index (χ3n) is 3.60. The molecule has 0 bridgehead atoms. The maximum absolute atomic E-state index is 12.5. The van der Waals surface area contributed by atoms with Crippen molar-refractivity contribution in [3.05, 3.63) is 65.2 Å². The number of carbonyl (C=O) groups excluding carboxylic acids is 3. The second-order valence-electron chi connectivity index (χ2n) is 6.23. The summed E-state index contributed by atoms with van der Waals surface area (Å²) in [6.07, 6.45) is 0. The lowest BCUT2D eigenvalue weighted by Crippen LogP contribution is -2.31. The van der Waals surface area contributed by atoms with Gasteiger partial charge in [-0.25, -0.2) is 0 Å². The molecule has 0 aromatic heterocycles. The van der Waals surface area contributed by atoms with Gasteiger partial charge in [0.25, 0.3) is 11.8 Å². The first-order chi connectivity index (χ1) is 12.4. The Balaban J connectivity index is 2.10. The van der Waals surface area contributed by atoms with Crippen molar-refractivity contribution in [3.63, 3.8) is 0 Å². The number of nitrogens with one attached hydrogen (secondary N) is 3. The lowest BCUT2D eigenvalue weighted by molar-refractivity contribution is -0.119. The minimum absolute atomic E-state index is 0.00224. The van der Waals surface area contributed by atoms with Gasteiger partial charge in [-0.2, -0.15) is 0 Å². The van der Waals surface area contributed by atoms with Gasteiger partial charge in [0, 0.05) is 25.1 Å². The molecule has 0 aliphatic rings. The van der Waals surface area contributed by atoms with E-state index in [4.69, 9.17) is 0 Å². The lowest BCUT2D eigenvalue weighted by atomic mass is 10.1. The monoisotopic (exact) mass is 353 g/mol. The molecule has 26 heavy (non-hydrogen) atoms. The maximum Gasteiger partial charge on any atom is 0.255 e. The van der Waals surface area contributed by atoms with E-state index in [-0.39, 0.29) is 23.8 Å². The van der Waals surface area contributed by atoms with Gasteiger partial charge in [0.05, 0.1) is 11.3 Å². The zero-order valence-corrected chi connectivity index (χ0v) is 15.1. The molecule has 0 aliphatic heterocycles. The Morgan fingerprint density at radius 2 is 1.58 bits per heavy atom. The largest absolute Gasteiger partial charge is 0.352 e. The van der Waals surface area contributed by atoms with Crippen molar-refractivity contribution in [2.24, 2.45) is 0 Å². The number of amides is 3. The molecule has 0 atom stereocenters. The molecule has 0 unspecified atom stereocenters. The van der Waals surface area contributed by atoms with Crippen LogP contribution in [0.15, 0.2) is 48.5 Å². The van der Waals surface area contributed by atoms with Crippen molar-refractivity contribution >= 4 is 23.4 Å². The summed E-state index contributed by atoms with van der Waals surface area (Å²) in [6, 6.07) is 13.8. The van der Waals surface area contributed by atoms with Crippen LogP contribution >= 0.6 is 0 Å². The van der Waals surface area contributed by atoms with E-state index >= 15 is 0 Å². The first-order valence-electron chi connectivity index (χ1n) is 8.41. The molecule has 3 amide bonds. The first-order valence-corrected chi connectivity index (χ1v) is 8.41. The van der Waals surface area contributed by atoms with Gasteiger partial charge >= 0.3 is 0 Å². The van der Waals surface area contributed by atoms with Gasteiger partial charge in [-0.1, -0.05) is 24.3 Å². The number of benzene rings is 2. The van der Waals surface area contributed by atoms with Crippen LogP contribution in [0.1, 0.15) is 47.1 Å². The van der Waals surface area contributed by atoms with Gasteiger partial charge in [0.15, 0.2) is 0 Å². The summed E-state index contributed by atoms with van der Waals surface area (Å²) in [7, 11) is 0. The highest BCUT2D eigenvalue weighted by atomic mass is 16.2. The Labute approximate surface area is 153 Å². The van der Waals surface area contributed by atoms with Gasteiger partial charge in [-0.15, -0.1) is 0 Å². The topological polar surface area (TPSA) is 87.3 Å². The van der Waals surface area contributed by atoms with Crippen LogP contribution in [0, 0.1) is 0 Å². The molecule has 3 N–H and O–H groups in total. The molecule has 2 aromatic carbocycles. The number of anilines is 1. The number of para-hydroxylation sites is 1. The van der Waals surface area contributed by atoms with E-state index in [2.05, 4.69) is 16.0 Å². The average molecular weight is 353 g/mol. The molecule has 0 aliphatic carbocycles. The fourth-order valence-electron chi connectivity index (χ4n) is 2.33. The first kappa shape index (κ1) is 19.2. The molecule has 136 valence electrons. The molecule has 0 saturated carbocycles. The second kappa shape index (κ2) is 8.80. The van der Waals surface area contributed by atoms with E-state index in [1.54, 1.807) is 48.5 Å². The van der Waals surface area contributed by atoms with Crippen LogP contribution in [0.4, 0.5) is 5.69 Å². The van der Waals surface area contributed by atoms with Crippen molar-refractivity contribution in [1.29, 1.82) is 0 Å². The van der Waals surface area contributed by atoms with Crippen LogP contribution in [0.3, 0.4) is 0 Å². The highest BCUT2D eigenvalue weighted by Gasteiger charge is 2.14. The number of hydrogen-bond donors (Lipinski definition) is 3. The van der Waals surface area contributed by atoms with Gasteiger partial charge in [-0.3, -0.25) is 14.4 Å². The maximum atomic E-state index is 12.5. The highest BCUT2D eigenvalue weighted by molar-refractivity contribution is 6.09. The second-order valence-corrected chi connectivity index (χ2v) is 6.23. The van der Waals surface area contributed by atoms with E-state index in [1.807, 2.05) is 13.8 Å². The minimum atomic E-state index is -0.305. The number of rotatable bonds is 6. The van der Waals surface area contributed by atoms with E-state index in [0.29, 0.717) is 23.4 Å². The molecule has 6 heteroatoms. The number of carbonyl (C=O) groups is 3. The standard InChI is InChI=1S/C20H23N3O3/c1-13(2)22-20(26)17-6-4-5-7-18(17)23-19(25)16-10-8-15(9-11-16)12-21-14(3)24/h4-11,13H,12H2,1-3H3,(H,21,24)(H,22,26)(H,23,25). The zero-order chi connectivity index (χ0) is 19.1. The van der Waals surface area contributed by atoms with Gasteiger partial charge in [0.2, 0.25) is 5.91 Å². The predicted molar refractivity (Wildman–Crippen MR) is 101 cm³/mol. The third kappa shape index (κ3) is 5.44. The molecular formula is C20H23N3O3. The fourth-order valence-corrected chi connectivity index (χ4v) is 2.33. The SMILES string of the molecule is CC(=O)NCc1ccc(C(=O)Nc2ccccc2C(=O)NC(C)C)cc1. The van der Waals surface area contributed by atoms with Crippen LogP contribution in [0.2, 0.25) is 0 Å². The summed E-state index contributed by atoms with van der Waals surface area (Å²) in [5, 5.41) is 8.30. The van der Waals surface area contributed by atoms with Gasteiger partial charge in [0.1, 0.15) is 0 Å². The van der Waals surface area contributed by atoms with E-state index in [1.165, 1.54) is 6.92 Å². The molecule has 0 heterocycles. The van der Waals surface area contributed by atoms with Crippen LogP contribution in [-0.2, 0) is 11.3 Å². The smallest absolute Gasteiger partial charge is 0.255 e. The van der Waals surface area contributed by atoms with Crippen molar-refractivity contribution in [1.82, 2.24) is 10.6 Å². The molecule has 2 rings (SSSR count). The van der Waals surface area contributed by atoms with Crippen LogP contribution in [-0.4, -0.2) is 23.8 Å². The minimum Gasteiger partial charge on any atom is -0.352 e. The Morgan fingerprint density at radius 1 is 0.923 bits per heavy atom. The van der Waals surface area contributed by atoms with E-state index < -0.39 is 0 Å². The summed E-state index contributed by atoms with van der Waals surface area (Å²) in [6.45, 7) is 5.62. The van der Waals surface area contributed by atoms with Gasteiger partial charge < -0.3 is 16.0 Å². The fraction of sp³-hybridized carbons (Fsp3) is 0.250. The normalized spacial score (nSPS) is 10.3. The van der Waals surface area contributed by atoms with Crippen molar-refractivity contribution in [3.8, 4) is 0 Å². The number of hydrogen-bond acceptors (Lipinski definition) is 3. The van der Waals surface area contributed by atoms with E-state index in [9.17, 15) is 14.4 Å². The highest BCUT2D eigenvalue weighted by Crippen LogP contribution is 2.17. The van der Waals surface area contributed by atoms with Crippen LogP contribution in [0.5, 0.6) is 0 Å². The van der Waals surface area contributed by atoms with Crippen LogP contribution in [0.25, 0.3) is 0 Å². The molecule has 0 radical (unpaired) electrons. The summed E-state index contributed by atoms with van der Waals surface area (Å²) in [5.74, 6) is -0.648. The Hall–Kier alpha value is -3.15. The summed E-state index contributed by atoms with van der Waals surface area (Å²) in [5.41, 5.74) is 2.24. The lowest BCUT2D eigenvalue weighted by Gasteiger charge is -2.13. The average Bonchev–Trinajstić information content (AvgIpc) is 2.60. The summed E-state index contributed by atoms with van der Waals surface area (Å²) >= 11 is 0. The molecule has 6 nitrogen and oxygen atoms in total. The summed E-state index contributed by atoms with van der Waals surface area (Å²) < 4.78 is 0. The van der Waals surface area contributed by atoms with Gasteiger partial charge in [-0.05, 0) is 43.7 Å². The van der Waals surface area contributed by atoms with Crippen LogP contribution < -0.4 is 16.0 Å².